The van der Waals surface area contributed by atoms with Crippen molar-refractivity contribution in [3.05, 3.63) is 28.7 Å². The lowest BCUT2D eigenvalue weighted by Crippen LogP contribution is -2.37. The van der Waals surface area contributed by atoms with Crippen molar-refractivity contribution in [3.63, 3.8) is 0 Å². The van der Waals surface area contributed by atoms with Crippen molar-refractivity contribution in [2.45, 2.75) is 11.8 Å². The highest BCUT2D eigenvalue weighted by Gasteiger charge is 2.34. The van der Waals surface area contributed by atoms with Crippen molar-refractivity contribution in [1.82, 2.24) is 4.47 Å². The third-order valence-electron chi connectivity index (χ3n) is 1.70. The molecule has 0 saturated heterocycles. The zero-order chi connectivity index (χ0) is 13.9. The summed E-state index contributed by atoms with van der Waals surface area (Å²) in [6, 6.07) is 5.56. The van der Waals surface area contributed by atoms with Crippen molar-refractivity contribution in [2.75, 3.05) is 0 Å². The smallest absolute Gasteiger partial charge is 0.456 e. The number of hydrogen-bond acceptors (Lipinski definition) is 5. The van der Waals surface area contributed by atoms with Gasteiger partial charge in [0.2, 0.25) is 0 Å². The molecule has 0 heterocycles. The Labute approximate surface area is 111 Å². The van der Waals surface area contributed by atoms with E-state index in [0.29, 0.717) is 0 Å². The van der Waals surface area contributed by atoms with E-state index >= 15 is 0 Å². The molecule has 1 rings (SSSR count). The third kappa shape index (κ3) is 2.99. The second-order valence-electron chi connectivity index (χ2n) is 3.03. The van der Waals surface area contributed by atoms with Crippen molar-refractivity contribution in [2.24, 2.45) is 0 Å². The SMILES string of the molecule is CC(=O)ON(C(=O)O)S(=O)(=O)c1ccccc1Br. The van der Waals surface area contributed by atoms with E-state index in [1.807, 2.05) is 0 Å². The first kappa shape index (κ1) is 14.5. The summed E-state index contributed by atoms with van der Waals surface area (Å²) in [6.07, 6.45) is -1.92. The Morgan fingerprint density at radius 3 is 2.33 bits per heavy atom. The maximum Gasteiger partial charge on any atom is 0.456 e. The normalized spacial score (nSPS) is 10.8. The fourth-order valence-corrected chi connectivity index (χ4v) is 3.10. The quantitative estimate of drug-likeness (QED) is 0.822. The molecule has 0 fully saturated rings. The highest BCUT2D eigenvalue weighted by Crippen LogP contribution is 2.24. The number of carbonyl (C=O) groups excluding carboxylic acids is 1. The fraction of sp³-hybridized carbons (Fsp3) is 0.111. The summed E-state index contributed by atoms with van der Waals surface area (Å²) in [6.45, 7) is 0.894. The van der Waals surface area contributed by atoms with Crippen LogP contribution in [0.3, 0.4) is 0 Å². The Balaban J connectivity index is 3.31. The molecule has 1 aromatic carbocycles. The number of nitrogens with zero attached hydrogens (tertiary/aromatic N) is 1. The monoisotopic (exact) mass is 337 g/mol. The minimum atomic E-state index is -4.48. The van der Waals surface area contributed by atoms with Crippen LogP contribution in [0.4, 0.5) is 4.79 Å². The first-order valence-corrected chi connectivity index (χ1v) is 6.71. The number of halogens is 1. The van der Waals surface area contributed by atoms with Crippen LogP contribution in [0.2, 0.25) is 0 Å². The van der Waals surface area contributed by atoms with E-state index in [1.165, 1.54) is 18.2 Å². The summed E-state index contributed by atoms with van der Waals surface area (Å²) >= 11 is 2.98. The van der Waals surface area contributed by atoms with E-state index in [4.69, 9.17) is 5.11 Å². The number of rotatable bonds is 2. The van der Waals surface area contributed by atoms with Crippen LogP contribution in [0.25, 0.3) is 0 Å². The van der Waals surface area contributed by atoms with Gasteiger partial charge in [0, 0.05) is 11.4 Å². The van der Waals surface area contributed by atoms with E-state index in [2.05, 4.69) is 20.8 Å². The third-order valence-corrected chi connectivity index (χ3v) is 4.23. The standard InChI is InChI=1S/C9H8BrNO6S/c1-6(12)17-11(9(13)14)18(15,16)8-5-3-2-4-7(8)10/h2-5H,1H3,(H,13,14). The molecule has 0 aliphatic rings. The van der Waals surface area contributed by atoms with Crippen LogP contribution in [-0.2, 0) is 19.7 Å². The zero-order valence-electron chi connectivity index (χ0n) is 9.03. The maximum absolute atomic E-state index is 12.0. The summed E-state index contributed by atoms with van der Waals surface area (Å²) in [5, 5.41) is 8.76. The van der Waals surface area contributed by atoms with Crippen LogP contribution in [-0.4, -0.2) is 30.1 Å². The Kier molecular flexibility index (Phi) is 4.30. The van der Waals surface area contributed by atoms with E-state index in [-0.39, 0.29) is 13.8 Å². The summed E-state index contributed by atoms with van der Waals surface area (Å²) in [7, 11) is -4.48. The average molecular weight is 338 g/mol. The van der Waals surface area contributed by atoms with Crippen molar-refractivity contribution in [1.29, 1.82) is 0 Å². The van der Waals surface area contributed by atoms with Gasteiger partial charge in [-0.2, -0.15) is 8.42 Å². The molecule has 0 bridgehead atoms. The van der Waals surface area contributed by atoms with Gasteiger partial charge in [0.1, 0.15) is 4.90 Å². The van der Waals surface area contributed by atoms with Gasteiger partial charge in [-0.1, -0.05) is 12.1 Å². The molecule has 0 atom stereocenters. The minimum Gasteiger partial charge on any atom is -0.462 e. The molecule has 1 amide bonds. The lowest BCUT2D eigenvalue weighted by molar-refractivity contribution is -0.161. The zero-order valence-corrected chi connectivity index (χ0v) is 11.4. The molecule has 0 radical (unpaired) electrons. The highest BCUT2D eigenvalue weighted by molar-refractivity contribution is 9.10. The lowest BCUT2D eigenvalue weighted by Gasteiger charge is -2.17. The molecular formula is C9H8BrNO6S. The molecule has 0 aliphatic carbocycles. The summed E-state index contributed by atoms with van der Waals surface area (Å²) in [4.78, 5) is 25.4. The number of sulfonamides is 1. The molecule has 0 aliphatic heterocycles. The van der Waals surface area contributed by atoms with Gasteiger partial charge in [0.05, 0.1) is 0 Å². The van der Waals surface area contributed by atoms with Crippen LogP contribution in [0.5, 0.6) is 0 Å². The minimum absolute atomic E-state index is 0.156. The van der Waals surface area contributed by atoms with Crippen LogP contribution >= 0.6 is 15.9 Å². The molecule has 0 saturated carbocycles. The van der Waals surface area contributed by atoms with Gasteiger partial charge >= 0.3 is 22.1 Å². The topological polar surface area (TPSA) is 101 Å². The van der Waals surface area contributed by atoms with E-state index < -0.39 is 22.1 Å². The van der Waals surface area contributed by atoms with Crippen LogP contribution in [0.1, 0.15) is 6.92 Å². The molecule has 0 unspecified atom stereocenters. The Morgan fingerprint density at radius 1 is 1.33 bits per heavy atom. The molecule has 98 valence electrons. The molecule has 1 N–H and O–H groups in total. The second kappa shape index (κ2) is 5.36. The summed E-state index contributed by atoms with van der Waals surface area (Å²) in [5.41, 5.74) is 0. The van der Waals surface area contributed by atoms with Crippen LogP contribution in [0, 0.1) is 0 Å². The maximum atomic E-state index is 12.0. The van der Waals surface area contributed by atoms with E-state index in [9.17, 15) is 18.0 Å². The molecule has 0 aromatic heterocycles. The largest absolute Gasteiger partial charge is 0.462 e. The molecule has 0 spiro atoms. The lowest BCUT2D eigenvalue weighted by atomic mass is 10.4. The Hall–Kier alpha value is -1.61. The number of carboxylic acid groups (broad SMARTS) is 1. The van der Waals surface area contributed by atoms with Gasteiger partial charge in [-0.05, 0) is 32.5 Å². The fourth-order valence-electron chi connectivity index (χ4n) is 1.05. The number of hydrogen-bond donors (Lipinski definition) is 1. The first-order valence-electron chi connectivity index (χ1n) is 4.48. The first-order chi connectivity index (χ1) is 8.26. The number of carbonyl (C=O) groups is 2. The number of amides is 1. The molecule has 1 aromatic rings. The summed E-state index contributed by atoms with van der Waals surface area (Å²) < 4.78 is 23.7. The predicted octanol–water partition coefficient (Wildman–Crippen LogP) is 1.60. The average Bonchev–Trinajstić information content (AvgIpc) is 2.25. The van der Waals surface area contributed by atoms with Crippen molar-refractivity contribution in [3.8, 4) is 0 Å². The van der Waals surface area contributed by atoms with Gasteiger partial charge in [-0.15, -0.1) is 0 Å². The van der Waals surface area contributed by atoms with Gasteiger partial charge in [-0.25, -0.2) is 9.59 Å². The van der Waals surface area contributed by atoms with Crippen molar-refractivity contribution < 1.29 is 28.0 Å². The van der Waals surface area contributed by atoms with Gasteiger partial charge in [0.15, 0.2) is 0 Å². The number of hydroxylamine groups is 1. The van der Waals surface area contributed by atoms with Gasteiger partial charge in [0.25, 0.3) is 0 Å². The van der Waals surface area contributed by atoms with Crippen LogP contribution in [0.15, 0.2) is 33.6 Å². The Morgan fingerprint density at radius 2 is 1.89 bits per heavy atom. The molecule has 18 heavy (non-hydrogen) atoms. The highest BCUT2D eigenvalue weighted by atomic mass is 79.9. The second-order valence-corrected chi connectivity index (χ2v) is 5.60. The van der Waals surface area contributed by atoms with E-state index in [1.54, 1.807) is 6.07 Å². The van der Waals surface area contributed by atoms with Crippen molar-refractivity contribution >= 4 is 38.0 Å². The molecule has 9 heteroatoms. The van der Waals surface area contributed by atoms with Gasteiger partial charge in [-0.3, -0.25) is 0 Å². The van der Waals surface area contributed by atoms with Gasteiger partial charge < -0.3 is 9.94 Å². The molecular weight excluding hydrogens is 330 g/mol. The van der Waals surface area contributed by atoms with Crippen LogP contribution < -0.4 is 0 Å². The van der Waals surface area contributed by atoms with E-state index in [0.717, 1.165) is 6.92 Å². The Bertz CT molecular complexity index is 584. The predicted molar refractivity (Wildman–Crippen MR) is 63.0 cm³/mol. The number of benzene rings is 1. The summed E-state index contributed by atoms with van der Waals surface area (Å²) in [5.74, 6) is -1.06. The molecule has 7 nitrogen and oxygen atoms in total.